The predicted molar refractivity (Wildman–Crippen MR) is 229 cm³/mol. The van der Waals surface area contributed by atoms with Crippen LogP contribution in [-0.4, -0.2) is 0 Å². The number of hydrogen-bond acceptors (Lipinski definition) is 0. The Bertz CT molecular complexity index is 2290. The van der Waals surface area contributed by atoms with Gasteiger partial charge in [0, 0.05) is 5.92 Å². The smallest absolute Gasteiger partial charge is 0.00248 e. The molecule has 0 saturated heterocycles. The van der Waals surface area contributed by atoms with Gasteiger partial charge in [-0.2, -0.15) is 0 Å². The van der Waals surface area contributed by atoms with Crippen molar-refractivity contribution < 1.29 is 0 Å². The molecule has 0 spiro atoms. The van der Waals surface area contributed by atoms with Gasteiger partial charge in [-0.1, -0.05) is 179 Å². The van der Waals surface area contributed by atoms with Crippen molar-refractivity contribution in [3.63, 3.8) is 0 Å². The molecular weight excluding hydrogens is 625 g/mol. The average molecular weight is 675 g/mol. The van der Waals surface area contributed by atoms with Crippen molar-refractivity contribution in [2.24, 2.45) is 11.8 Å². The van der Waals surface area contributed by atoms with Crippen LogP contribution in [0.2, 0.25) is 0 Å². The Morgan fingerprint density at radius 2 is 1.02 bits per heavy atom. The monoisotopic (exact) mass is 674 g/mol. The molecule has 1 fully saturated rings. The first-order valence-corrected chi connectivity index (χ1v) is 18.4. The lowest BCUT2D eigenvalue weighted by molar-refractivity contribution is 0.794. The van der Waals surface area contributed by atoms with Gasteiger partial charge in [-0.05, 0) is 115 Å². The Labute approximate surface area is 312 Å². The van der Waals surface area contributed by atoms with E-state index >= 15 is 0 Å². The molecule has 258 valence electrons. The van der Waals surface area contributed by atoms with E-state index in [-0.39, 0.29) is 7.43 Å². The lowest BCUT2D eigenvalue weighted by atomic mass is 9.79. The molecule has 0 aromatic heterocycles. The summed E-state index contributed by atoms with van der Waals surface area (Å²) in [7, 11) is 0. The van der Waals surface area contributed by atoms with E-state index in [0.717, 1.165) is 6.42 Å². The van der Waals surface area contributed by atoms with E-state index in [4.69, 9.17) is 0 Å². The van der Waals surface area contributed by atoms with Gasteiger partial charge in [-0.3, -0.25) is 0 Å². The molecule has 0 heteroatoms. The second kappa shape index (κ2) is 16.1. The summed E-state index contributed by atoms with van der Waals surface area (Å²) in [5, 5.41) is 5.21. The van der Waals surface area contributed by atoms with Crippen LogP contribution in [0.25, 0.3) is 60.5 Å². The van der Waals surface area contributed by atoms with Crippen molar-refractivity contribution in [3.8, 4) is 46.2 Å². The molecule has 6 aromatic carbocycles. The third kappa shape index (κ3) is 6.85. The van der Waals surface area contributed by atoms with Gasteiger partial charge in [0.25, 0.3) is 0 Å². The maximum absolute atomic E-state index is 4.00. The van der Waals surface area contributed by atoms with Crippen molar-refractivity contribution in [2.75, 3.05) is 0 Å². The predicted octanol–water partition coefficient (Wildman–Crippen LogP) is 14.8. The van der Waals surface area contributed by atoms with Crippen LogP contribution in [0.5, 0.6) is 0 Å². The zero-order valence-electron chi connectivity index (χ0n) is 30.0. The minimum Gasteiger partial charge on any atom is -0.124 e. The first kappa shape index (κ1) is 36.2. The molecule has 2 unspecified atom stereocenters. The number of benzene rings is 6. The molecule has 0 bridgehead atoms. The number of rotatable bonds is 6. The topological polar surface area (TPSA) is 0 Å². The second-order valence-electron chi connectivity index (χ2n) is 13.9. The molecular formula is C52H50. The quantitative estimate of drug-likeness (QED) is 0.122. The van der Waals surface area contributed by atoms with Gasteiger partial charge < -0.3 is 0 Å². The summed E-state index contributed by atoms with van der Waals surface area (Å²) >= 11 is 0. The highest BCUT2D eigenvalue weighted by Crippen LogP contribution is 2.49. The molecule has 2 atom stereocenters. The van der Waals surface area contributed by atoms with Gasteiger partial charge in [0.2, 0.25) is 0 Å². The molecule has 6 aromatic rings. The van der Waals surface area contributed by atoms with Crippen LogP contribution in [0.3, 0.4) is 0 Å². The summed E-state index contributed by atoms with van der Waals surface area (Å²) in [5.41, 5.74) is 13.5. The Morgan fingerprint density at radius 3 is 1.63 bits per heavy atom. The van der Waals surface area contributed by atoms with Crippen LogP contribution in [-0.2, 0) is 0 Å². The fraction of sp³-hybridized carbons (Fsp3) is 0.192. The van der Waals surface area contributed by atoms with E-state index in [9.17, 15) is 0 Å². The highest BCUT2D eigenvalue weighted by molar-refractivity contribution is 6.20. The molecule has 2 aliphatic rings. The van der Waals surface area contributed by atoms with E-state index in [1.165, 1.54) is 90.0 Å². The average Bonchev–Trinajstić information content (AvgIpc) is 4.03. The van der Waals surface area contributed by atoms with Crippen molar-refractivity contribution in [1.29, 1.82) is 0 Å². The highest BCUT2D eigenvalue weighted by Gasteiger charge is 2.27. The van der Waals surface area contributed by atoms with Crippen LogP contribution >= 0.6 is 0 Å². The summed E-state index contributed by atoms with van der Waals surface area (Å²) in [6, 6.07) is 43.2. The molecule has 0 aliphatic heterocycles. The summed E-state index contributed by atoms with van der Waals surface area (Å²) < 4.78 is 0. The van der Waals surface area contributed by atoms with Crippen molar-refractivity contribution in [2.45, 2.75) is 53.4 Å². The maximum Gasteiger partial charge on any atom is 0.00248 e. The molecule has 0 amide bonds. The fourth-order valence-electron chi connectivity index (χ4n) is 8.07. The zero-order chi connectivity index (χ0) is 35.3. The molecule has 0 radical (unpaired) electrons. The van der Waals surface area contributed by atoms with Gasteiger partial charge in [-0.25, -0.2) is 0 Å². The van der Waals surface area contributed by atoms with Crippen LogP contribution in [0.1, 0.15) is 63.1 Å². The molecule has 0 nitrogen and oxygen atoms in total. The third-order valence-corrected chi connectivity index (χ3v) is 10.7. The third-order valence-electron chi connectivity index (χ3n) is 10.7. The zero-order valence-corrected chi connectivity index (χ0v) is 30.0. The van der Waals surface area contributed by atoms with E-state index in [1.54, 1.807) is 0 Å². The number of allylic oxidation sites excluding steroid dienone is 8. The lowest BCUT2D eigenvalue weighted by Gasteiger charge is -2.24. The van der Waals surface area contributed by atoms with Crippen LogP contribution in [0, 0.1) is 31.6 Å². The van der Waals surface area contributed by atoms with Gasteiger partial charge in [0.15, 0.2) is 0 Å². The molecule has 2 aliphatic carbocycles. The molecule has 1 saturated carbocycles. The standard InChI is InChI=1S/C49H44.C2H2.CH4/c1-4-35-19-6-5-17-33(2)18-15-30-40(35)48-44-24-11-13-26-46(44)49(47-27-14-12-25-45(47)48)43-23-10-9-22-42(43)38-29-16-28-37(34(38)3)41-21-8-7-20-39(41)36-31-32-36;1-2;/h5-30,33,35-36H,4,31-32H2,1-3H3;1-2H;1H4/b17-5-,18-15-,19-6-,40-30+;;. The maximum atomic E-state index is 4.00. The first-order chi connectivity index (χ1) is 25.1. The van der Waals surface area contributed by atoms with Crippen LogP contribution in [0.4, 0.5) is 0 Å². The van der Waals surface area contributed by atoms with E-state index < -0.39 is 0 Å². The Hall–Kier alpha value is -5.64. The van der Waals surface area contributed by atoms with Gasteiger partial charge in [0.05, 0.1) is 0 Å². The lowest BCUT2D eigenvalue weighted by Crippen LogP contribution is -2.03. The summed E-state index contributed by atoms with van der Waals surface area (Å²) in [4.78, 5) is 0. The Balaban J connectivity index is 0.00000152. The highest BCUT2D eigenvalue weighted by atomic mass is 14.3. The molecule has 0 heterocycles. The minimum absolute atomic E-state index is 0. The number of fused-ring (bicyclic) bond motifs is 2. The minimum atomic E-state index is 0. The van der Waals surface area contributed by atoms with Crippen molar-refractivity contribution >= 4 is 27.1 Å². The largest absolute Gasteiger partial charge is 0.124 e. The van der Waals surface area contributed by atoms with Gasteiger partial charge in [0.1, 0.15) is 0 Å². The summed E-state index contributed by atoms with van der Waals surface area (Å²) in [6.45, 7) is 6.87. The van der Waals surface area contributed by atoms with E-state index in [2.05, 4.69) is 191 Å². The normalized spacial score (nSPS) is 19.7. The fourth-order valence-corrected chi connectivity index (χ4v) is 8.07. The first-order valence-electron chi connectivity index (χ1n) is 18.4. The van der Waals surface area contributed by atoms with E-state index in [0.29, 0.717) is 17.8 Å². The molecule has 8 rings (SSSR count). The van der Waals surface area contributed by atoms with Gasteiger partial charge in [-0.15, -0.1) is 12.8 Å². The van der Waals surface area contributed by atoms with Crippen LogP contribution in [0.15, 0.2) is 158 Å². The molecule has 52 heavy (non-hydrogen) atoms. The van der Waals surface area contributed by atoms with Gasteiger partial charge >= 0.3 is 0 Å². The SMILES string of the molecule is C.C#C.CCC1/C=C\C=C/C(C)/C=C\C=C/1c1c2ccccc2c(-c2ccccc2-c2cccc(-c3ccccc3C3CC3)c2C)c2ccccc12. The Morgan fingerprint density at radius 1 is 0.538 bits per heavy atom. The number of hydrogen-bond donors (Lipinski definition) is 0. The Kier molecular flexibility index (Phi) is 11.2. The van der Waals surface area contributed by atoms with Crippen molar-refractivity contribution in [3.05, 3.63) is 174 Å². The van der Waals surface area contributed by atoms with E-state index in [1.807, 2.05) is 0 Å². The number of terminal acetylenes is 1. The van der Waals surface area contributed by atoms with Crippen LogP contribution < -0.4 is 0 Å². The molecule has 0 N–H and O–H groups in total. The second-order valence-corrected chi connectivity index (χ2v) is 13.9. The van der Waals surface area contributed by atoms with Crippen molar-refractivity contribution in [1.82, 2.24) is 0 Å². The summed E-state index contributed by atoms with van der Waals surface area (Å²) in [5.74, 6) is 1.39. The summed E-state index contributed by atoms with van der Waals surface area (Å²) in [6.07, 6.45) is 27.7.